The van der Waals surface area contributed by atoms with E-state index in [-0.39, 0.29) is 0 Å². The Kier molecular flexibility index (Phi) is 9.02. The molecule has 0 saturated carbocycles. The van der Waals surface area contributed by atoms with Crippen molar-refractivity contribution in [3.8, 4) is 17.1 Å². The van der Waals surface area contributed by atoms with Gasteiger partial charge in [-0.05, 0) is 12.5 Å². The fourth-order valence-electron chi connectivity index (χ4n) is 2.96. The topological polar surface area (TPSA) is 52.8 Å². The van der Waals surface area contributed by atoms with Crippen LogP contribution in [0.15, 0.2) is 24.5 Å². The lowest BCUT2D eigenvalue weighted by Gasteiger charge is -2.02. The molecule has 25 heavy (non-hydrogen) atoms. The summed E-state index contributed by atoms with van der Waals surface area (Å²) < 4.78 is 7.14. The minimum atomic E-state index is 0.786. The first-order valence-corrected chi connectivity index (χ1v) is 9.74. The van der Waals surface area contributed by atoms with E-state index in [1.165, 1.54) is 57.8 Å². The van der Waals surface area contributed by atoms with Crippen LogP contribution in [-0.4, -0.2) is 27.1 Å². The van der Waals surface area contributed by atoms with Crippen molar-refractivity contribution in [2.75, 3.05) is 7.11 Å². The molecule has 138 valence electrons. The molecule has 0 aromatic carbocycles. The Morgan fingerprint density at radius 1 is 0.920 bits per heavy atom. The average molecular weight is 345 g/mol. The third kappa shape index (κ3) is 7.24. The number of pyridine rings is 1. The number of hydrogen-bond donors (Lipinski definition) is 0. The fourth-order valence-corrected chi connectivity index (χ4v) is 2.96. The number of rotatable bonds is 13. The van der Waals surface area contributed by atoms with Gasteiger partial charge in [0.2, 0.25) is 0 Å². The van der Waals surface area contributed by atoms with Gasteiger partial charge in [0.25, 0.3) is 0 Å². The van der Waals surface area contributed by atoms with Gasteiger partial charge in [0.1, 0.15) is 11.4 Å². The standard InChI is InChI=1S/C20H32N4O/c1-3-4-5-6-7-8-9-10-11-12-15-24-17-20(22-23-24)19-16-18(25-2)13-14-21-19/h13-14,16-17H,3-12,15H2,1-2H3. The quantitative estimate of drug-likeness (QED) is 0.464. The van der Waals surface area contributed by atoms with Crippen molar-refractivity contribution in [1.82, 2.24) is 20.0 Å². The molecular formula is C20H32N4O. The maximum Gasteiger partial charge on any atom is 0.131 e. The molecule has 0 aliphatic heterocycles. The SMILES string of the molecule is CCCCCCCCCCCCn1cc(-c2cc(OC)ccn2)nn1. The van der Waals surface area contributed by atoms with Gasteiger partial charge >= 0.3 is 0 Å². The Hall–Kier alpha value is -1.91. The molecule has 0 unspecified atom stereocenters. The van der Waals surface area contributed by atoms with E-state index in [4.69, 9.17) is 4.74 Å². The summed E-state index contributed by atoms with van der Waals surface area (Å²) in [4.78, 5) is 4.33. The molecule has 0 fully saturated rings. The number of unbranched alkanes of at least 4 members (excludes halogenated alkanes) is 9. The molecule has 5 heteroatoms. The normalized spacial score (nSPS) is 11.0. The van der Waals surface area contributed by atoms with Crippen molar-refractivity contribution < 1.29 is 4.74 Å². The number of methoxy groups -OCH3 is 1. The van der Waals surface area contributed by atoms with Gasteiger partial charge in [0, 0.05) is 18.8 Å². The predicted molar refractivity (Wildman–Crippen MR) is 102 cm³/mol. The van der Waals surface area contributed by atoms with Crippen LogP contribution in [0.4, 0.5) is 0 Å². The second-order valence-electron chi connectivity index (χ2n) is 6.63. The molecule has 2 heterocycles. The zero-order valence-electron chi connectivity index (χ0n) is 15.8. The molecule has 0 aliphatic rings. The molecule has 5 nitrogen and oxygen atoms in total. The highest BCUT2D eigenvalue weighted by Crippen LogP contribution is 2.19. The first kappa shape index (κ1) is 19.4. The van der Waals surface area contributed by atoms with Gasteiger partial charge in [0.15, 0.2) is 0 Å². The maximum atomic E-state index is 5.23. The summed E-state index contributed by atoms with van der Waals surface area (Å²) in [6, 6.07) is 3.71. The lowest BCUT2D eigenvalue weighted by Crippen LogP contribution is -1.98. The monoisotopic (exact) mass is 344 g/mol. The van der Waals surface area contributed by atoms with E-state index in [1.54, 1.807) is 13.3 Å². The van der Waals surface area contributed by atoms with Crippen LogP contribution >= 0.6 is 0 Å². The van der Waals surface area contributed by atoms with Crippen molar-refractivity contribution >= 4 is 0 Å². The van der Waals surface area contributed by atoms with Gasteiger partial charge < -0.3 is 4.74 Å². The first-order valence-electron chi connectivity index (χ1n) is 9.74. The van der Waals surface area contributed by atoms with Gasteiger partial charge in [0.05, 0.1) is 19.0 Å². The molecule has 0 aliphatic carbocycles. The van der Waals surface area contributed by atoms with Crippen molar-refractivity contribution in [3.63, 3.8) is 0 Å². The molecule has 0 saturated heterocycles. The minimum Gasteiger partial charge on any atom is -0.497 e. The third-order valence-corrected chi connectivity index (χ3v) is 4.51. The summed E-state index contributed by atoms with van der Waals surface area (Å²) in [6.45, 7) is 3.19. The van der Waals surface area contributed by atoms with Crippen molar-refractivity contribution in [2.45, 2.75) is 77.7 Å². The Balaban J connectivity index is 1.60. The molecule has 0 bridgehead atoms. The molecule has 2 rings (SSSR count). The van der Waals surface area contributed by atoms with Crippen LogP contribution in [0.3, 0.4) is 0 Å². The van der Waals surface area contributed by atoms with Gasteiger partial charge in [-0.15, -0.1) is 5.10 Å². The Labute approximate surface area is 151 Å². The maximum absolute atomic E-state index is 5.23. The van der Waals surface area contributed by atoms with Gasteiger partial charge in [-0.3, -0.25) is 9.67 Å². The average Bonchev–Trinajstić information content (AvgIpc) is 3.12. The molecular weight excluding hydrogens is 312 g/mol. The van der Waals surface area contributed by atoms with E-state index in [2.05, 4.69) is 22.2 Å². The molecule has 0 N–H and O–H groups in total. The van der Waals surface area contributed by atoms with E-state index >= 15 is 0 Å². The fraction of sp³-hybridized carbons (Fsp3) is 0.650. The van der Waals surface area contributed by atoms with E-state index in [0.717, 1.165) is 30.1 Å². The van der Waals surface area contributed by atoms with Crippen molar-refractivity contribution in [2.24, 2.45) is 0 Å². The first-order chi connectivity index (χ1) is 12.3. The highest BCUT2D eigenvalue weighted by atomic mass is 16.5. The van der Waals surface area contributed by atoms with Crippen LogP contribution in [0.1, 0.15) is 71.1 Å². The predicted octanol–water partition coefficient (Wildman–Crippen LogP) is 5.27. The lowest BCUT2D eigenvalue weighted by atomic mass is 10.1. The number of nitrogens with zero attached hydrogens (tertiary/aromatic N) is 4. The Morgan fingerprint density at radius 3 is 2.28 bits per heavy atom. The van der Waals surface area contributed by atoms with E-state index in [1.807, 2.05) is 23.0 Å². The van der Waals surface area contributed by atoms with E-state index < -0.39 is 0 Å². The molecule has 0 spiro atoms. The summed E-state index contributed by atoms with van der Waals surface area (Å²) in [5.74, 6) is 0.786. The second kappa shape index (κ2) is 11.6. The van der Waals surface area contributed by atoms with Crippen LogP contribution in [0, 0.1) is 0 Å². The van der Waals surface area contributed by atoms with E-state index in [0.29, 0.717) is 0 Å². The van der Waals surface area contributed by atoms with Crippen LogP contribution < -0.4 is 4.74 Å². The number of aromatic nitrogens is 4. The lowest BCUT2D eigenvalue weighted by molar-refractivity contribution is 0.414. The second-order valence-corrected chi connectivity index (χ2v) is 6.63. The molecule has 0 amide bonds. The smallest absolute Gasteiger partial charge is 0.131 e. The number of hydrogen-bond acceptors (Lipinski definition) is 4. The largest absolute Gasteiger partial charge is 0.497 e. The minimum absolute atomic E-state index is 0.786. The van der Waals surface area contributed by atoms with E-state index in [9.17, 15) is 0 Å². The van der Waals surface area contributed by atoms with Crippen LogP contribution in [-0.2, 0) is 6.54 Å². The summed E-state index contributed by atoms with van der Waals surface area (Å²) in [7, 11) is 1.65. The van der Waals surface area contributed by atoms with Crippen LogP contribution in [0.25, 0.3) is 11.4 Å². The zero-order valence-corrected chi connectivity index (χ0v) is 15.8. The summed E-state index contributed by atoms with van der Waals surface area (Å²) in [6.07, 6.45) is 17.1. The van der Waals surface area contributed by atoms with Crippen LogP contribution in [0.5, 0.6) is 5.75 Å². The van der Waals surface area contributed by atoms with Crippen molar-refractivity contribution in [3.05, 3.63) is 24.5 Å². The molecule has 0 radical (unpaired) electrons. The molecule has 0 atom stereocenters. The highest BCUT2D eigenvalue weighted by molar-refractivity contribution is 5.54. The third-order valence-electron chi connectivity index (χ3n) is 4.51. The van der Waals surface area contributed by atoms with Gasteiger partial charge in [-0.25, -0.2) is 0 Å². The number of aryl methyl sites for hydroxylation is 1. The van der Waals surface area contributed by atoms with Crippen molar-refractivity contribution in [1.29, 1.82) is 0 Å². The molecule has 2 aromatic heterocycles. The molecule has 2 aromatic rings. The Morgan fingerprint density at radius 2 is 1.60 bits per heavy atom. The zero-order chi connectivity index (χ0) is 17.7. The summed E-state index contributed by atoms with van der Waals surface area (Å²) in [5.41, 5.74) is 1.60. The summed E-state index contributed by atoms with van der Waals surface area (Å²) >= 11 is 0. The van der Waals surface area contributed by atoms with Crippen LogP contribution in [0.2, 0.25) is 0 Å². The Bertz CT molecular complexity index is 597. The summed E-state index contributed by atoms with van der Waals surface area (Å²) in [5, 5.41) is 8.43. The van der Waals surface area contributed by atoms with Gasteiger partial charge in [-0.1, -0.05) is 69.9 Å². The van der Waals surface area contributed by atoms with Gasteiger partial charge in [-0.2, -0.15) is 0 Å². The number of ether oxygens (including phenoxy) is 1. The highest BCUT2D eigenvalue weighted by Gasteiger charge is 2.06.